The Morgan fingerprint density at radius 3 is 2.75 bits per heavy atom. The first-order chi connectivity index (χ1) is 7.69. The van der Waals surface area contributed by atoms with Crippen molar-refractivity contribution < 1.29 is 13.2 Å². The molecule has 0 spiro atoms. The third-order valence-electron chi connectivity index (χ3n) is 1.75. The molecule has 0 saturated heterocycles. The lowest BCUT2D eigenvalue weighted by Crippen LogP contribution is -1.94. The predicted molar refractivity (Wildman–Crippen MR) is 53.5 cm³/mol. The van der Waals surface area contributed by atoms with Gasteiger partial charge in [0.05, 0.1) is 5.69 Å². The molecular weight excluding hydrogens is 240 g/mol. The largest absolute Gasteiger partial charge is 0.407 e. The average Bonchev–Trinajstić information content (AvgIpc) is 2.70. The van der Waals surface area contributed by atoms with Gasteiger partial charge in [-0.15, -0.1) is 16.7 Å². The Morgan fingerprint density at radius 2 is 2.12 bits per heavy atom. The van der Waals surface area contributed by atoms with Crippen LogP contribution in [0.5, 0.6) is 0 Å². The van der Waals surface area contributed by atoms with E-state index in [0.29, 0.717) is 0 Å². The minimum Gasteiger partial charge on any atom is -0.407 e. The number of alkyl halides is 1. The third-order valence-corrected chi connectivity index (χ3v) is 1.98. The van der Waals surface area contributed by atoms with E-state index in [9.17, 15) is 8.78 Å². The molecule has 1 aromatic heterocycles. The Bertz CT molecular complexity index is 503. The van der Waals surface area contributed by atoms with E-state index in [0.717, 1.165) is 12.1 Å². The summed E-state index contributed by atoms with van der Waals surface area (Å²) in [6.07, 6.45) is 0. The van der Waals surface area contributed by atoms with Crippen LogP contribution in [0.2, 0.25) is 0 Å². The van der Waals surface area contributed by atoms with Gasteiger partial charge in [0, 0.05) is 6.07 Å². The molecule has 2 aromatic rings. The molecule has 0 fully saturated rings. The van der Waals surface area contributed by atoms with Crippen LogP contribution in [-0.2, 0) is 5.88 Å². The van der Waals surface area contributed by atoms with Crippen LogP contribution in [-0.4, -0.2) is 10.2 Å². The van der Waals surface area contributed by atoms with E-state index in [1.165, 1.54) is 6.07 Å². The normalized spacial score (nSPS) is 10.4. The Morgan fingerprint density at radius 1 is 1.31 bits per heavy atom. The quantitative estimate of drug-likeness (QED) is 0.845. The Hall–Kier alpha value is -1.69. The first-order valence-electron chi connectivity index (χ1n) is 4.29. The van der Waals surface area contributed by atoms with Crippen molar-refractivity contribution in [2.24, 2.45) is 0 Å². The number of aromatic nitrogens is 2. The number of nitrogens with zero attached hydrogens (tertiary/aromatic N) is 2. The molecule has 0 atom stereocenters. The van der Waals surface area contributed by atoms with Crippen molar-refractivity contribution in [2.45, 2.75) is 5.88 Å². The van der Waals surface area contributed by atoms with Crippen LogP contribution in [0.4, 0.5) is 20.5 Å². The van der Waals surface area contributed by atoms with Crippen molar-refractivity contribution in [1.29, 1.82) is 0 Å². The summed E-state index contributed by atoms with van der Waals surface area (Å²) in [5.41, 5.74) is 0.0474. The molecule has 0 bridgehead atoms. The lowest BCUT2D eigenvalue weighted by molar-refractivity contribution is 0.528. The van der Waals surface area contributed by atoms with E-state index in [-0.39, 0.29) is 23.5 Å². The average molecular weight is 246 g/mol. The number of nitrogens with one attached hydrogen (secondary N) is 1. The highest BCUT2D eigenvalue weighted by Gasteiger charge is 2.08. The molecule has 84 valence electrons. The maximum Gasteiger partial charge on any atom is 0.320 e. The molecule has 0 aliphatic rings. The number of benzene rings is 1. The van der Waals surface area contributed by atoms with Crippen molar-refractivity contribution in [3.05, 3.63) is 35.7 Å². The Balaban J connectivity index is 2.20. The molecule has 0 unspecified atom stereocenters. The molecule has 16 heavy (non-hydrogen) atoms. The summed E-state index contributed by atoms with van der Waals surface area (Å²) in [5, 5.41) is 9.66. The Labute approximate surface area is 94.2 Å². The summed E-state index contributed by atoms with van der Waals surface area (Å²) < 4.78 is 30.8. The molecule has 0 aliphatic heterocycles. The fourth-order valence-corrected chi connectivity index (χ4v) is 1.17. The van der Waals surface area contributed by atoms with Crippen LogP contribution in [0.3, 0.4) is 0 Å². The summed E-state index contributed by atoms with van der Waals surface area (Å²) in [4.78, 5) is 0. The monoisotopic (exact) mass is 245 g/mol. The zero-order valence-corrected chi connectivity index (χ0v) is 8.63. The van der Waals surface area contributed by atoms with Gasteiger partial charge in [-0.2, -0.15) is 0 Å². The van der Waals surface area contributed by atoms with E-state index < -0.39 is 11.6 Å². The molecule has 0 saturated carbocycles. The summed E-state index contributed by atoms with van der Waals surface area (Å²) in [7, 11) is 0. The van der Waals surface area contributed by atoms with Gasteiger partial charge in [-0.25, -0.2) is 8.78 Å². The van der Waals surface area contributed by atoms with E-state index in [1.54, 1.807) is 0 Å². The SMILES string of the molecule is Fc1ccc(Nc2nnc(CCl)o2)c(F)c1. The van der Waals surface area contributed by atoms with E-state index in [1.807, 2.05) is 0 Å². The van der Waals surface area contributed by atoms with Crippen molar-refractivity contribution >= 4 is 23.3 Å². The molecule has 0 aliphatic carbocycles. The Kier molecular flexibility index (Phi) is 3.00. The molecule has 1 N–H and O–H groups in total. The minimum absolute atomic E-state index is 0.00107. The first kappa shape index (κ1) is 10.8. The highest BCUT2D eigenvalue weighted by Crippen LogP contribution is 2.19. The summed E-state index contributed by atoms with van der Waals surface area (Å²) in [6.45, 7) is 0. The number of anilines is 2. The smallest absolute Gasteiger partial charge is 0.320 e. The second kappa shape index (κ2) is 4.44. The van der Waals surface area contributed by atoms with Gasteiger partial charge in [-0.05, 0) is 12.1 Å². The number of rotatable bonds is 3. The van der Waals surface area contributed by atoms with Crippen LogP contribution >= 0.6 is 11.6 Å². The second-order valence-electron chi connectivity index (χ2n) is 2.88. The standard InChI is InChI=1S/C9H6ClF2N3O/c10-4-8-14-15-9(16-8)13-7-2-1-5(11)3-6(7)12/h1-3H,4H2,(H,13,15). The zero-order valence-electron chi connectivity index (χ0n) is 7.88. The van der Waals surface area contributed by atoms with Crippen molar-refractivity contribution in [3.8, 4) is 0 Å². The van der Waals surface area contributed by atoms with Crippen LogP contribution < -0.4 is 5.32 Å². The van der Waals surface area contributed by atoms with Gasteiger partial charge in [0.2, 0.25) is 5.89 Å². The van der Waals surface area contributed by atoms with Gasteiger partial charge >= 0.3 is 6.01 Å². The van der Waals surface area contributed by atoms with Gasteiger partial charge in [0.15, 0.2) is 0 Å². The fourth-order valence-electron chi connectivity index (χ4n) is 1.06. The van der Waals surface area contributed by atoms with Crippen LogP contribution in [0.25, 0.3) is 0 Å². The van der Waals surface area contributed by atoms with Crippen LogP contribution in [0, 0.1) is 11.6 Å². The highest BCUT2D eigenvalue weighted by atomic mass is 35.5. The lowest BCUT2D eigenvalue weighted by Gasteiger charge is -2.01. The van der Waals surface area contributed by atoms with Gasteiger partial charge < -0.3 is 9.73 Å². The molecule has 2 rings (SSSR count). The second-order valence-corrected chi connectivity index (χ2v) is 3.15. The maximum atomic E-state index is 13.2. The fraction of sp³-hybridized carbons (Fsp3) is 0.111. The molecule has 1 aromatic carbocycles. The molecule has 1 heterocycles. The van der Waals surface area contributed by atoms with Gasteiger partial charge in [-0.3, -0.25) is 0 Å². The first-order valence-corrected chi connectivity index (χ1v) is 4.83. The van der Waals surface area contributed by atoms with Crippen molar-refractivity contribution in [3.63, 3.8) is 0 Å². The maximum absolute atomic E-state index is 13.2. The van der Waals surface area contributed by atoms with Crippen molar-refractivity contribution in [1.82, 2.24) is 10.2 Å². The number of hydrogen-bond donors (Lipinski definition) is 1. The van der Waals surface area contributed by atoms with Gasteiger partial charge in [-0.1, -0.05) is 5.10 Å². The number of halogens is 3. The van der Waals surface area contributed by atoms with Gasteiger partial charge in [0.1, 0.15) is 17.5 Å². The summed E-state index contributed by atoms with van der Waals surface area (Å²) in [6, 6.07) is 3.10. The molecule has 0 radical (unpaired) electrons. The zero-order chi connectivity index (χ0) is 11.5. The van der Waals surface area contributed by atoms with E-state index in [2.05, 4.69) is 15.5 Å². The number of hydrogen-bond acceptors (Lipinski definition) is 4. The molecule has 4 nitrogen and oxygen atoms in total. The molecular formula is C9H6ClF2N3O. The van der Waals surface area contributed by atoms with Crippen LogP contribution in [0.15, 0.2) is 22.6 Å². The highest BCUT2D eigenvalue weighted by molar-refractivity contribution is 6.16. The van der Waals surface area contributed by atoms with E-state index >= 15 is 0 Å². The topological polar surface area (TPSA) is 51.0 Å². The molecule has 7 heteroatoms. The summed E-state index contributed by atoms with van der Waals surface area (Å²) in [5.74, 6) is -1.12. The molecule has 0 amide bonds. The lowest BCUT2D eigenvalue weighted by atomic mass is 10.3. The minimum atomic E-state index is -0.745. The third kappa shape index (κ3) is 2.27. The van der Waals surface area contributed by atoms with E-state index in [4.69, 9.17) is 16.0 Å². The summed E-state index contributed by atoms with van der Waals surface area (Å²) >= 11 is 5.45. The van der Waals surface area contributed by atoms with Crippen LogP contribution in [0.1, 0.15) is 5.89 Å². The van der Waals surface area contributed by atoms with Gasteiger partial charge in [0.25, 0.3) is 0 Å². The predicted octanol–water partition coefficient (Wildman–Crippen LogP) is 2.83. The van der Waals surface area contributed by atoms with Crippen molar-refractivity contribution in [2.75, 3.05) is 5.32 Å².